The molecule has 5 heteroatoms. The van der Waals surface area contributed by atoms with Crippen molar-refractivity contribution >= 4 is 23.6 Å². The highest BCUT2D eigenvalue weighted by atomic mass is 32.2. The van der Waals surface area contributed by atoms with Crippen LogP contribution in [-0.2, 0) is 9.59 Å². The van der Waals surface area contributed by atoms with E-state index in [2.05, 4.69) is 11.6 Å². The SMILES string of the molecule is CS[C@H]1CCC[C@@H](NC(=O)[C@H](C(C)C)N2CCCC2=O)C1. The molecular formula is C16H28N2O2S. The van der Waals surface area contributed by atoms with Crippen LogP contribution in [0.25, 0.3) is 0 Å². The molecule has 1 aliphatic carbocycles. The van der Waals surface area contributed by atoms with Crippen LogP contribution in [0.5, 0.6) is 0 Å². The average molecular weight is 312 g/mol. The average Bonchev–Trinajstić information content (AvgIpc) is 2.85. The molecule has 3 atom stereocenters. The zero-order valence-corrected chi connectivity index (χ0v) is 14.2. The second-order valence-corrected chi connectivity index (χ2v) is 7.75. The highest BCUT2D eigenvalue weighted by Crippen LogP contribution is 2.27. The van der Waals surface area contributed by atoms with Crippen LogP contribution in [0.2, 0.25) is 0 Å². The Morgan fingerprint density at radius 1 is 1.33 bits per heavy atom. The molecule has 0 bridgehead atoms. The van der Waals surface area contributed by atoms with Crippen LogP contribution in [0, 0.1) is 5.92 Å². The number of carbonyl (C=O) groups is 2. The van der Waals surface area contributed by atoms with Gasteiger partial charge in [0.15, 0.2) is 0 Å². The van der Waals surface area contributed by atoms with Crippen LogP contribution in [0.3, 0.4) is 0 Å². The van der Waals surface area contributed by atoms with E-state index in [1.807, 2.05) is 25.6 Å². The van der Waals surface area contributed by atoms with E-state index in [0.29, 0.717) is 11.7 Å². The first kappa shape index (κ1) is 16.7. The van der Waals surface area contributed by atoms with E-state index in [9.17, 15) is 9.59 Å². The summed E-state index contributed by atoms with van der Waals surface area (Å²) in [6.45, 7) is 4.79. The molecule has 2 fully saturated rings. The van der Waals surface area contributed by atoms with Gasteiger partial charge in [0.25, 0.3) is 0 Å². The fourth-order valence-corrected chi connectivity index (χ4v) is 4.37. The number of hydrogen-bond donors (Lipinski definition) is 1. The van der Waals surface area contributed by atoms with E-state index in [1.54, 1.807) is 4.90 Å². The Hall–Kier alpha value is -0.710. The molecule has 0 spiro atoms. The van der Waals surface area contributed by atoms with E-state index < -0.39 is 0 Å². The van der Waals surface area contributed by atoms with Crippen molar-refractivity contribution in [2.45, 2.75) is 69.7 Å². The summed E-state index contributed by atoms with van der Waals surface area (Å²) in [5.74, 6) is 0.341. The van der Waals surface area contributed by atoms with Crippen molar-refractivity contribution in [3.8, 4) is 0 Å². The number of hydrogen-bond acceptors (Lipinski definition) is 3. The smallest absolute Gasteiger partial charge is 0.243 e. The molecule has 2 amide bonds. The lowest BCUT2D eigenvalue weighted by atomic mass is 9.93. The fourth-order valence-electron chi connectivity index (χ4n) is 3.54. The van der Waals surface area contributed by atoms with Gasteiger partial charge >= 0.3 is 0 Å². The molecule has 0 radical (unpaired) electrons. The maximum absolute atomic E-state index is 12.7. The van der Waals surface area contributed by atoms with Crippen LogP contribution in [0.15, 0.2) is 0 Å². The second kappa shape index (κ2) is 7.52. The van der Waals surface area contributed by atoms with E-state index in [1.165, 1.54) is 12.8 Å². The maximum atomic E-state index is 12.7. The van der Waals surface area contributed by atoms with Crippen LogP contribution in [0.4, 0.5) is 0 Å². The number of likely N-dealkylation sites (tertiary alicyclic amines) is 1. The first-order valence-electron chi connectivity index (χ1n) is 8.15. The zero-order valence-electron chi connectivity index (χ0n) is 13.4. The lowest BCUT2D eigenvalue weighted by Crippen LogP contribution is -2.53. The third-order valence-electron chi connectivity index (χ3n) is 4.65. The predicted octanol–water partition coefficient (Wildman–Crippen LogP) is 2.42. The summed E-state index contributed by atoms with van der Waals surface area (Å²) < 4.78 is 0. The topological polar surface area (TPSA) is 49.4 Å². The molecule has 0 unspecified atom stereocenters. The Balaban J connectivity index is 1.97. The van der Waals surface area contributed by atoms with Gasteiger partial charge in [-0.1, -0.05) is 20.3 Å². The Morgan fingerprint density at radius 3 is 2.67 bits per heavy atom. The predicted molar refractivity (Wildman–Crippen MR) is 87.3 cm³/mol. The lowest BCUT2D eigenvalue weighted by molar-refractivity contribution is -0.139. The summed E-state index contributed by atoms with van der Waals surface area (Å²) in [5.41, 5.74) is 0. The van der Waals surface area contributed by atoms with Gasteiger partial charge in [-0.25, -0.2) is 0 Å². The van der Waals surface area contributed by atoms with Gasteiger partial charge in [-0.2, -0.15) is 11.8 Å². The molecule has 1 heterocycles. The largest absolute Gasteiger partial charge is 0.352 e. The summed E-state index contributed by atoms with van der Waals surface area (Å²) in [7, 11) is 0. The van der Waals surface area contributed by atoms with E-state index in [4.69, 9.17) is 0 Å². The number of carbonyl (C=O) groups excluding carboxylic acids is 2. The fraction of sp³-hybridized carbons (Fsp3) is 0.875. The quantitative estimate of drug-likeness (QED) is 0.848. The first-order chi connectivity index (χ1) is 10.0. The summed E-state index contributed by atoms with van der Waals surface area (Å²) in [6.07, 6.45) is 8.20. The zero-order chi connectivity index (χ0) is 15.4. The monoisotopic (exact) mass is 312 g/mol. The molecule has 21 heavy (non-hydrogen) atoms. The third kappa shape index (κ3) is 4.15. The van der Waals surface area contributed by atoms with Crippen molar-refractivity contribution in [2.75, 3.05) is 12.8 Å². The molecule has 0 aromatic rings. The molecule has 1 saturated heterocycles. The molecule has 4 nitrogen and oxygen atoms in total. The minimum atomic E-state index is -0.297. The molecule has 120 valence electrons. The van der Waals surface area contributed by atoms with Gasteiger partial charge in [0.05, 0.1) is 0 Å². The van der Waals surface area contributed by atoms with Gasteiger partial charge in [0.1, 0.15) is 6.04 Å². The Morgan fingerprint density at radius 2 is 2.10 bits per heavy atom. The number of rotatable bonds is 5. The Kier molecular flexibility index (Phi) is 5.97. The Labute approximate surface area is 132 Å². The normalized spacial score (nSPS) is 28.0. The van der Waals surface area contributed by atoms with Gasteiger partial charge < -0.3 is 10.2 Å². The lowest BCUT2D eigenvalue weighted by Gasteiger charge is -2.34. The van der Waals surface area contributed by atoms with Gasteiger partial charge in [0.2, 0.25) is 11.8 Å². The highest BCUT2D eigenvalue weighted by molar-refractivity contribution is 7.99. The minimum absolute atomic E-state index is 0.0482. The summed E-state index contributed by atoms with van der Waals surface area (Å²) >= 11 is 1.90. The summed E-state index contributed by atoms with van der Waals surface area (Å²) in [4.78, 5) is 26.4. The molecule has 0 aromatic carbocycles. The number of nitrogens with one attached hydrogen (secondary N) is 1. The van der Waals surface area contributed by atoms with Crippen molar-refractivity contribution in [2.24, 2.45) is 5.92 Å². The van der Waals surface area contributed by atoms with Crippen molar-refractivity contribution < 1.29 is 9.59 Å². The molecule has 2 aliphatic rings. The van der Waals surface area contributed by atoms with E-state index in [-0.39, 0.29) is 29.8 Å². The molecule has 0 aromatic heterocycles. The van der Waals surface area contributed by atoms with Crippen molar-refractivity contribution in [1.82, 2.24) is 10.2 Å². The van der Waals surface area contributed by atoms with Crippen LogP contribution >= 0.6 is 11.8 Å². The Bertz CT molecular complexity index is 386. The van der Waals surface area contributed by atoms with Crippen LogP contribution in [0.1, 0.15) is 52.4 Å². The standard InChI is InChI=1S/C16H28N2O2S/c1-11(2)15(18-9-5-8-14(18)19)16(20)17-12-6-4-7-13(10-12)21-3/h11-13,15H,4-10H2,1-3H3,(H,17,20)/t12-,13+,15+/m1/s1. The van der Waals surface area contributed by atoms with Gasteiger partial charge in [-0.15, -0.1) is 0 Å². The molecule has 1 N–H and O–H groups in total. The van der Waals surface area contributed by atoms with Crippen molar-refractivity contribution in [1.29, 1.82) is 0 Å². The van der Waals surface area contributed by atoms with Crippen LogP contribution in [-0.4, -0.2) is 46.8 Å². The number of thioether (sulfide) groups is 1. The van der Waals surface area contributed by atoms with E-state index >= 15 is 0 Å². The number of amides is 2. The molecule has 2 rings (SSSR count). The molecular weight excluding hydrogens is 284 g/mol. The minimum Gasteiger partial charge on any atom is -0.352 e. The second-order valence-electron chi connectivity index (χ2n) is 6.61. The summed E-state index contributed by atoms with van der Waals surface area (Å²) in [5, 5.41) is 3.88. The van der Waals surface area contributed by atoms with Crippen molar-refractivity contribution in [3.05, 3.63) is 0 Å². The van der Waals surface area contributed by atoms with Gasteiger partial charge in [-0.3, -0.25) is 9.59 Å². The molecule has 1 saturated carbocycles. The number of nitrogens with zero attached hydrogens (tertiary/aromatic N) is 1. The maximum Gasteiger partial charge on any atom is 0.243 e. The van der Waals surface area contributed by atoms with E-state index in [0.717, 1.165) is 25.8 Å². The van der Waals surface area contributed by atoms with Crippen LogP contribution < -0.4 is 5.32 Å². The van der Waals surface area contributed by atoms with Crippen molar-refractivity contribution in [3.63, 3.8) is 0 Å². The molecule has 1 aliphatic heterocycles. The van der Waals surface area contributed by atoms with Gasteiger partial charge in [-0.05, 0) is 37.9 Å². The third-order valence-corrected chi connectivity index (χ3v) is 5.75. The van der Waals surface area contributed by atoms with Gasteiger partial charge in [0, 0.05) is 24.3 Å². The summed E-state index contributed by atoms with van der Waals surface area (Å²) in [6, 6.07) is -0.0164. The first-order valence-corrected chi connectivity index (χ1v) is 9.44. The highest BCUT2D eigenvalue weighted by Gasteiger charge is 2.36.